The van der Waals surface area contributed by atoms with E-state index in [0.717, 1.165) is 29.3 Å². The van der Waals surface area contributed by atoms with Gasteiger partial charge in [-0.05, 0) is 37.1 Å². The molecule has 0 saturated carbocycles. The lowest BCUT2D eigenvalue weighted by atomic mass is 10.1. The Balaban J connectivity index is 1.60. The molecule has 0 fully saturated rings. The molecule has 0 amide bonds. The third-order valence-electron chi connectivity index (χ3n) is 4.45. The Bertz CT molecular complexity index is 997. The summed E-state index contributed by atoms with van der Waals surface area (Å²) in [6.45, 7) is 6.32. The first-order valence-electron chi connectivity index (χ1n) is 9.06. The van der Waals surface area contributed by atoms with Crippen LogP contribution in [-0.2, 0) is 6.42 Å². The molecule has 0 bridgehead atoms. The van der Waals surface area contributed by atoms with Crippen LogP contribution in [0, 0.1) is 5.92 Å². The van der Waals surface area contributed by atoms with Crippen molar-refractivity contribution in [2.24, 2.45) is 5.92 Å². The summed E-state index contributed by atoms with van der Waals surface area (Å²) < 4.78 is 9.51. The van der Waals surface area contributed by atoms with Crippen molar-refractivity contribution in [3.8, 4) is 17.1 Å². The van der Waals surface area contributed by atoms with Gasteiger partial charge in [0.15, 0.2) is 5.82 Å². The molecule has 1 unspecified atom stereocenters. The largest absolute Gasteiger partial charge is 0.337 e. The molecule has 0 aliphatic heterocycles. The number of hydrogen-bond donors (Lipinski definition) is 0. The second kappa shape index (κ2) is 7.19. The zero-order valence-electron chi connectivity index (χ0n) is 15.6. The Hall–Kier alpha value is -3.22. The minimum Gasteiger partial charge on any atom is -0.337 e. The summed E-state index contributed by atoms with van der Waals surface area (Å²) in [5, 5.41) is 4.10. The maximum atomic E-state index is 5.49. The molecule has 3 heterocycles. The van der Waals surface area contributed by atoms with Crippen LogP contribution in [0.25, 0.3) is 17.1 Å². The molecule has 7 nitrogen and oxygen atoms in total. The highest BCUT2D eigenvalue weighted by molar-refractivity contribution is 5.58. The molecule has 7 heteroatoms. The summed E-state index contributed by atoms with van der Waals surface area (Å²) in [6.07, 6.45) is 10.0. The van der Waals surface area contributed by atoms with Crippen molar-refractivity contribution in [1.29, 1.82) is 0 Å². The Morgan fingerprint density at radius 2 is 1.85 bits per heavy atom. The Kier molecular flexibility index (Phi) is 4.58. The normalized spacial score (nSPS) is 12.6. The van der Waals surface area contributed by atoms with Gasteiger partial charge in [0.2, 0.25) is 5.89 Å². The SMILES string of the molecule is CC(C)Cc1noc(C(C)n2ccnc2-c2ccc(-n3ccnc3)cc2)n1. The molecular weight excluding hydrogens is 340 g/mol. The maximum absolute atomic E-state index is 5.49. The van der Waals surface area contributed by atoms with Crippen LogP contribution in [-0.4, -0.2) is 29.2 Å². The molecule has 138 valence electrons. The van der Waals surface area contributed by atoms with Crippen molar-refractivity contribution >= 4 is 0 Å². The summed E-state index contributed by atoms with van der Waals surface area (Å²) in [4.78, 5) is 13.2. The Labute approximate surface area is 157 Å². The van der Waals surface area contributed by atoms with E-state index in [1.807, 2.05) is 36.0 Å². The first kappa shape index (κ1) is 17.2. The van der Waals surface area contributed by atoms with Crippen LogP contribution >= 0.6 is 0 Å². The third-order valence-corrected chi connectivity index (χ3v) is 4.45. The van der Waals surface area contributed by atoms with E-state index < -0.39 is 0 Å². The molecule has 1 atom stereocenters. The highest BCUT2D eigenvalue weighted by Crippen LogP contribution is 2.25. The predicted octanol–water partition coefficient (Wildman–Crippen LogP) is 3.93. The van der Waals surface area contributed by atoms with Crippen LogP contribution in [0.3, 0.4) is 0 Å². The smallest absolute Gasteiger partial charge is 0.249 e. The molecule has 3 aromatic heterocycles. The number of hydrogen-bond acceptors (Lipinski definition) is 5. The number of aromatic nitrogens is 6. The van der Waals surface area contributed by atoms with Crippen LogP contribution < -0.4 is 0 Å². The average molecular weight is 362 g/mol. The van der Waals surface area contributed by atoms with Crippen LogP contribution in [0.4, 0.5) is 0 Å². The summed E-state index contributed by atoms with van der Waals surface area (Å²) >= 11 is 0. The monoisotopic (exact) mass is 362 g/mol. The topological polar surface area (TPSA) is 74.6 Å². The minimum atomic E-state index is -0.0933. The Morgan fingerprint density at radius 1 is 1.04 bits per heavy atom. The van der Waals surface area contributed by atoms with Crippen molar-refractivity contribution in [3.05, 3.63) is 67.1 Å². The molecule has 0 N–H and O–H groups in total. The van der Waals surface area contributed by atoms with E-state index in [1.165, 1.54) is 0 Å². The molecular formula is C20H22N6O. The maximum Gasteiger partial charge on any atom is 0.249 e. The molecule has 27 heavy (non-hydrogen) atoms. The highest BCUT2D eigenvalue weighted by atomic mass is 16.5. The fourth-order valence-electron chi connectivity index (χ4n) is 3.05. The molecule has 4 aromatic rings. The van der Waals surface area contributed by atoms with Crippen molar-refractivity contribution < 1.29 is 4.52 Å². The quantitative estimate of drug-likeness (QED) is 0.519. The van der Waals surface area contributed by atoms with Crippen molar-refractivity contribution in [2.75, 3.05) is 0 Å². The second-order valence-electron chi connectivity index (χ2n) is 7.00. The van der Waals surface area contributed by atoms with Gasteiger partial charge in [0.1, 0.15) is 11.9 Å². The van der Waals surface area contributed by atoms with E-state index in [1.54, 1.807) is 18.7 Å². The van der Waals surface area contributed by atoms with Crippen LogP contribution in [0.5, 0.6) is 0 Å². The molecule has 0 spiro atoms. The van der Waals surface area contributed by atoms with Crippen molar-refractivity contribution in [3.63, 3.8) is 0 Å². The van der Waals surface area contributed by atoms with Crippen molar-refractivity contribution in [1.82, 2.24) is 29.2 Å². The van der Waals surface area contributed by atoms with E-state index in [4.69, 9.17) is 4.52 Å². The lowest BCUT2D eigenvalue weighted by Gasteiger charge is -2.13. The van der Waals surface area contributed by atoms with Gasteiger partial charge in [0.05, 0.1) is 6.33 Å². The first-order valence-corrected chi connectivity index (χ1v) is 9.06. The van der Waals surface area contributed by atoms with Crippen molar-refractivity contribution in [2.45, 2.75) is 33.2 Å². The van der Waals surface area contributed by atoms with E-state index >= 15 is 0 Å². The molecule has 0 aliphatic rings. The zero-order valence-corrected chi connectivity index (χ0v) is 15.6. The molecule has 0 saturated heterocycles. The lowest BCUT2D eigenvalue weighted by Crippen LogP contribution is -2.08. The summed E-state index contributed by atoms with van der Waals surface area (Å²) in [6, 6.07) is 8.12. The third kappa shape index (κ3) is 3.53. The summed E-state index contributed by atoms with van der Waals surface area (Å²) in [7, 11) is 0. The van der Waals surface area contributed by atoms with E-state index in [0.29, 0.717) is 11.8 Å². The van der Waals surface area contributed by atoms with Gasteiger partial charge in [0.25, 0.3) is 0 Å². The van der Waals surface area contributed by atoms with Gasteiger partial charge >= 0.3 is 0 Å². The van der Waals surface area contributed by atoms with Gasteiger partial charge in [-0.3, -0.25) is 0 Å². The predicted molar refractivity (Wildman–Crippen MR) is 101 cm³/mol. The van der Waals surface area contributed by atoms with Gasteiger partial charge < -0.3 is 13.7 Å². The molecule has 4 rings (SSSR count). The fourth-order valence-corrected chi connectivity index (χ4v) is 3.05. The van der Waals surface area contributed by atoms with Gasteiger partial charge in [-0.2, -0.15) is 4.98 Å². The standard InChI is InChI=1S/C20H22N6O/c1-14(2)12-18-23-20(27-24-18)15(3)26-11-9-22-19(26)16-4-6-17(7-5-16)25-10-8-21-13-25/h4-11,13-15H,12H2,1-3H3. The van der Waals surface area contributed by atoms with Gasteiger partial charge in [-0.25, -0.2) is 9.97 Å². The Morgan fingerprint density at radius 3 is 2.56 bits per heavy atom. The van der Waals surface area contributed by atoms with Gasteiger partial charge in [-0.1, -0.05) is 19.0 Å². The summed E-state index contributed by atoms with van der Waals surface area (Å²) in [5.41, 5.74) is 2.08. The van der Waals surface area contributed by atoms with Gasteiger partial charge in [0, 0.05) is 42.5 Å². The van der Waals surface area contributed by atoms with E-state index in [9.17, 15) is 0 Å². The lowest BCUT2D eigenvalue weighted by molar-refractivity contribution is 0.341. The first-order chi connectivity index (χ1) is 13.1. The molecule has 0 aliphatic carbocycles. The van der Waals surface area contributed by atoms with E-state index in [-0.39, 0.29) is 6.04 Å². The number of rotatable bonds is 6. The zero-order chi connectivity index (χ0) is 18.8. The van der Waals surface area contributed by atoms with Crippen LogP contribution in [0.1, 0.15) is 38.5 Å². The van der Waals surface area contributed by atoms with Crippen LogP contribution in [0.2, 0.25) is 0 Å². The number of imidazole rings is 2. The van der Waals surface area contributed by atoms with Crippen LogP contribution in [0.15, 0.2) is 59.9 Å². The molecule has 0 radical (unpaired) electrons. The highest BCUT2D eigenvalue weighted by Gasteiger charge is 2.19. The fraction of sp³-hybridized carbons (Fsp3) is 0.300. The second-order valence-corrected chi connectivity index (χ2v) is 7.00. The number of benzene rings is 1. The number of nitrogens with zero attached hydrogens (tertiary/aromatic N) is 6. The summed E-state index contributed by atoms with van der Waals surface area (Å²) in [5.74, 6) is 2.70. The van der Waals surface area contributed by atoms with E-state index in [2.05, 4.69) is 50.7 Å². The minimum absolute atomic E-state index is 0.0933. The molecule has 1 aromatic carbocycles. The average Bonchev–Trinajstić information content (AvgIpc) is 3.42. The van der Waals surface area contributed by atoms with Gasteiger partial charge in [-0.15, -0.1) is 0 Å².